The molecule has 1 saturated carbocycles. The minimum absolute atomic E-state index is 0.150. The number of hydrogen-bond acceptors (Lipinski definition) is 1. The average Bonchev–Trinajstić information content (AvgIpc) is 2.62. The molecule has 1 aromatic rings. The molecule has 14 heavy (non-hydrogen) atoms. The quantitative estimate of drug-likeness (QED) is 0.703. The standard InChI is InChI=1S/C12H17NO/c1-10-6-7-13(12(14)8-10)9-11-4-2-3-5-11/h6-8,11H,2-5,9H2,1H3. The van der Waals surface area contributed by atoms with Crippen LogP contribution in [0.4, 0.5) is 0 Å². The molecule has 0 aliphatic heterocycles. The Morgan fingerprint density at radius 3 is 2.79 bits per heavy atom. The minimum atomic E-state index is 0.150. The van der Waals surface area contributed by atoms with Gasteiger partial charge in [0, 0.05) is 18.8 Å². The summed E-state index contributed by atoms with van der Waals surface area (Å²) in [6.07, 6.45) is 7.19. The summed E-state index contributed by atoms with van der Waals surface area (Å²) in [6, 6.07) is 3.73. The van der Waals surface area contributed by atoms with Crippen LogP contribution in [0, 0.1) is 12.8 Å². The fourth-order valence-electron chi connectivity index (χ4n) is 2.23. The van der Waals surface area contributed by atoms with Gasteiger partial charge >= 0.3 is 0 Å². The lowest BCUT2D eigenvalue weighted by Gasteiger charge is -2.11. The van der Waals surface area contributed by atoms with E-state index in [4.69, 9.17) is 0 Å². The molecule has 0 atom stereocenters. The summed E-state index contributed by atoms with van der Waals surface area (Å²) in [5.41, 5.74) is 1.20. The Morgan fingerprint density at radius 1 is 1.43 bits per heavy atom. The van der Waals surface area contributed by atoms with E-state index in [1.807, 2.05) is 23.8 Å². The first kappa shape index (κ1) is 9.50. The van der Waals surface area contributed by atoms with Gasteiger partial charge in [0.1, 0.15) is 0 Å². The van der Waals surface area contributed by atoms with Gasteiger partial charge in [0.05, 0.1) is 0 Å². The summed E-state index contributed by atoms with van der Waals surface area (Å²) >= 11 is 0. The third kappa shape index (κ3) is 2.06. The number of nitrogens with zero attached hydrogens (tertiary/aromatic N) is 1. The molecule has 2 rings (SSSR count). The molecule has 0 aromatic carbocycles. The SMILES string of the molecule is Cc1ccn(CC2CCCC2)c(=O)c1. The van der Waals surface area contributed by atoms with Crippen molar-refractivity contribution in [1.82, 2.24) is 4.57 Å². The van der Waals surface area contributed by atoms with Gasteiger partial charge in [0.15, 0.2) is 0 Å². The second-order valence-electron chi connectivity index (χ2n) is 4.35. The fourth-order valence-corrected chi connectivity index (χ4v) is 2.23. The summed E-state index contributed by atoms with van der Waals surface area (Å²) in [4.78, 5) is 11.6. The zero-order valence-corrected chi connectivity index (χ0v) is 8.70. The molecule has 0 radical (unpaired) electrons. The van der Waals surface area contributed by atoms with Gasteiger partial charge in [-0.2, -0.15) is 0 Å². The Hall–Kier alpha value is -1.05. The Bertz CT molecular complexity index is 361. The van der Waals surface area contributed by atoms with Crippen LogP contribution in [0.15, 0.2) is 23.1 Å². The Balaban J connectivity index is 2.12. The van der Waals surface area contributed by atoms with Crippen molar-refractivity contribution in [2.75, 3.05) is 0 Å². The van der Waals surface area contributed by atoms with Crippen molar-refractivity contribution in [2.45, 2.75) is 39.2 Å². The van der Waals surface area contributed by atoms with Crippen LogP contribution in [-0.4, -0.2) is 4.57 Å². The van der Waals surface area contributed by atoms with Gasteiger partial charge in [-0.05, 0) is 37.3 Å². The van der Waals surface area contributed by atoms with E-state index in [2.05, 4.69) is 0 Å². The summed E-state index contributed by atoms with van der Waals surface area (Å²) < 4.78 is 1.85. The van der Waals surface area contributed by atoms with Gasteiger partial charge in [0.2, 0.25) is 0 Å². The summed E-state index contributed by atoms with van der Waals surface area (Å²) in [7, 11) is 0. The van der Waals surface area contributed by atoms with E-state index < -0.39 is 0 Å². The van der Waals surface area contributed by atoms with E-state index >= 15 is 0 Å². The molecule has 1 fully saturated rings. The summed E-state index contributed by atoms with van der Waals surface area (Å²) in [5, 5.41) is 0. The van der Waals surface area contributed by atoms with Crippen LogP contribution in [0.5, 0.6) is 0 Å². The molecule has 0 bridgehead atoms. The zero-order chi connectivity index (χ0) is 9.97. The van der Waals surface area contributed by atoms with Gasteiger partial charge in [-0.1, -0.05) is 12.8 Å². The van der Waals surface area contributed by atoms with E-state index in [1.54, 1.807) is 6.07 Å². The molecular weight excluding hydrogens is 174 g/mol. The normalized spacial score (nSPS) is 17.5. The molecule has 2 heteroatoms. The molecule has 1 aliphatic carbocycles. The van der Waals surface area contributed by atoms with Gasteiger partial charge < -0.3 is 4.57 Å². The van der Waals surface area contributed by atoms with Crippen molar-refractivity contribution in [1.29, 1.82) is 0 Å². The molecule has 1 aliphatic rings. The molecule has 2 nitrogen and oxygen atoms in total. The van der Waals surface area contributed by atoms with Crippen LogP contribution in [0.1, 0.15) is 31.2 Å². The van der Waals surface area contributed by atoms with E-state index in [-0.39, 0.29) is 5.56 Å². The van der Waals surface area contributed by atoms with E-state index in [9.17, 15) is 4.79 Å². The maximum absolute atomic E-state index is 11.6. The molecule has 76 valence electrons. The van der Waals surface area contributed by atoms with Gasteiger partial charge in [-0.15, -0.1) is 0 Å². The Kier molecular flexibility index (Phi) is 2.71. The van der Waals surface area contributed by atoms with Crippen LogP contribution in [0.3, 0.4) is 0 Å². The lowest BCUT2D eigenvalue weighted by molar-refractivity contribution is 0.449. The summed E-state index contributed by atoms with van der Waals surface area (Å²) in [6.45, 7) is 2.88. The molecule has 0 amide bonds. The van der Waals surface area contributed by atoms with Crippen molar-refractivity contribution in [3.63, 3.8) is 0 Å². The highest BCUT2D eigenvalue weighted by Gasteiger charge is 2.15. The van der Waals surface area contributed by atoms with Crippen LogP contribution in [0.25, 0.3) is 0 Å². The van der Waals surface area contributed by atoms with Crippen molar-refractivity contribution in [3.8, 4) is 0 Å². The average molecular weight is 191 g/mol. The maximum atomic E-state index is 11.6. The molecule has 0 spiro atoms. The Morgan fingerprint density at radius 2 is 2.14 bits per heavy atom. The molecular formula is C12H17NO. The second-order valence-corrected chi connectivity index (χ2v) is 4.35. The predicted octanol–water partition coefficient (Wildman–Crippen LogP) is 2.35. The number of aromatic nitrogens is 1. The van der Waals surface area contributed by atoms with Crippen molar-refractivity contribution < 1.29 is 0 Å². The highest BCUT2D eigenvalue weighted by Crippen LogP contribution is 2.25. The van der Waals surface area contributed by atoms with Crippen molar-refractivity contribution in [3.05, 3.63) is 34.2 Å². The smallest absolute Gasteiger partial charge is 0.250 e. The monoisotopic (exact) mass is 191 g/mol. The van der Waals surface area contributed by atoms with Gasteiger partial charge in [0.25, 0.3) is 5.56 Å². The highest BCUT2D eigenvalue weighted by atomic mass is 16.1. The number of aryl methyl sites for hydroxylation is 1. The first-order valence-corrected chi connectivity index (χ1v) is 5.43. The third-order valence-electron chi connectivity index (χ3n) is 3.08. The predicted molar refractivity (Wildman–Crippen MR) is 57.4 cm³/mol. The highest BCUT2D eigenvalue weighted by molar-refractivity contribution is 5.08. The molecule has 1 aromatic heterocycles. The molecule has 1 heterocycles. The van der Waals surface area contributed by atoms with E-state index in [0.29, 0.717) is 0 Å². The van der Waals surface area contributed by atoms with Crippen LogP contribution >= 0.6 is 0 Å². The fraction of sp³-hybridized carbons (Fsp3) is 0.583. The number of hydrogen-bond donors (Lipinski definition) is 0. The maximum Gasteiger partial charge on any atom is 0.250 e. The lowest BCUT2D eigenvalue weighted by atomic mass is 10.1. The van der Waals surface area contributed by atoms with Gasteiger partial charge in [-0.3, -0.25) is 4.79 Å². The minimum Gasteiger partial charge on any atom is -0.315 e. The van der Waals surface area contributed by atoms with E-state index in [0.717, 1.165) is 18.0 Å². The lowest BCUT2D eigenvalue weighted by Crippen LogP contribution is -2.22. The molecule has 0 saturated heterocycles. The first-order chi connectivity index (χ1) is 6.75. The van der Waals surface area contributed by atoms with Crippen LogP contribution < -0.4 is 5.56 Å². The van der Waals surface area contributed by atoms with E-state index in [1.165, 1.54) is 25.7 Å². The van der Waals surface area contributed by atoms with Gasteiger partial charge in [-0.25, -0.2) is 0 Å². The zero-order valence-electron chi connectivity index (χ0n) is 8.70. The molecule has 0 unspecified atom stereocenters. The second kappa shape index (κ2) is 3.99. The summed E-state index contributed by atoms with van der Waals surface area (Å²) in [5.74, 6) is 0.732. The molecule has 0 N–H and O–H groups in total. The number of pyridine rings is 1. The van der Waals surface area contributed by atoms with Crippen LogP contribution in [-0.2, 0) is 6.54 Å². The third-order valence-corrected chi connectivity index (χ3v) is 3.08. The first-order valence-electron chi connectivity index (χ1n) is 5.43. The van der Waals surface area contributed by atoms with Crippen LogP contribution in [0.2, 0.25) is 0 Å². The number of rotatable bonds is 2. The van der Waals surface area contributed by atoms with Crippen molar-refractivity contribution in [2.24, 2.45) is 5.92 Å². The largest absolute Gasteiger partial charge is 0.315 e. The topological polar surface area (TPSA) is 22.0 Å². The van der Waals surface area contributed by atoms with Crippen molar-refractivity contribution >= 4 is 0 Å². The Labute approximate surface area is 84.6 Å².